The summed E-state index contributed by atoms with van der Waals surface area (Å²) in [6.45, 7) is 1.77. The number of rotatable bonds is 3. The first kappa shape index (κ1) is 11.1. The lowest BCUT2D eigenvalue weighted by atomic mass is 10.2. The molecule has 0 spiro atoms. The van der Waals surface area contributed by atoms with Gasteiger partial charge in [0.25, 0.3) is 5.91 Å². The van der Waals surface area contributed by atoms with Gasteiger partial charge in [0.15, 0.2) is 0 Å². The molecule has 0 aliphatic carbocycles. The molecule has 1 heterocycles. The van der Waals surface area contributed by atoms with Gasteiger partial charge in [-0.1, -0.05) is 18.2 Å². The molecule has 1 aromatic heterocycles. The van der Waals surface area contributed by atoms with Crippen molar-refractivity contribution in [1.29, 1.82) is 0 Å². The first-order valence-corrected chi connectivity index (χ1v) is 5.21. The normalized spacial score (nSPS) is 11.2. The van der Waals surface area contributed by atoms with E-state index in [-0.39, 0.29) is 5.91 Å². The minimum Gasteiger partial charge on any atom is -0.463 e. The predicted molar refractivity (Wildman–Crippen MR) is 64.8 cm³/mol. The van der Waals surface area contributed by atoms with Crippen molar-refractivity contribution in [3.63, 3.8) is 0 Å². The number of benzene rings is 1. The Kier molecular flexibility index (Phi) is 3.35. The van der Waals surface area contributed by atoms with E-state index in [1.54, 1.807) is 49.6 Å². The molecule has 0 atom stereocenters. The van der Waals surface area contributed by atoms with Crippen molar-refractivity contribution in [2.45, 2.75) is 6.92 Å². The predicted octanol–water partition coefficient (Wildman–Crippen LogP) is 2.43. The highest BCUT2D eigenvalue weighted by Gasteiger charge is 2.04. The largest absolute Gasteiger partial charge is 0.463 e. The molecule has 1 amide bonds. The third-order valence-electron chi connectivity index (χ3n) is 2.24. The summed E-state index contributed by atoms with van der Waals surface area (Å²) in [6.07, 6.45) is 1.56. The van der Waals surface area contributed by atoms with E-state index in [1.165, 1.54) is 0 Å². The van der Waals surface area contributed by atoms with Gasteiger partial charge in [-0.05, 0) is 31.2 Å². The van der Waals surface area contributed by atoms with Crippen LogP contribution in [-0.4, -0.2) is 11.6 Å². The lowest BCUT2D eigenvalue weighted by Gasteiger charge is -2.00. The van der Waals surface area contributed by atoms with Crippen LogP contribution in [0.15, 0.2) is 58.2 Å². The maximum atomic E-state index is 11.7. The second-order valence-corrected chi connectivity index (χ2v) is 3.48. The molecule has 0 aliphatic heterocycles. The van der Waals surface area contributed by atoms with Crippen molar-refractivity contribution in [2.75, 3.05) is 0 Å². The molecule has 2 rings (SSSR count). The Morgan fingerprint density at radius 1 is 1.18 bits per heavy atom. The lowest BCUT2D eigenvalue weighted by Crippen LogP contribution is -2.19. The quantitative estimate of drug-likeness (QED) is 0.648. The number of amides is 1. The van der Waals surface area contributed by atoms with Gasteiger partial charge in [0.1, 0.15) is 11.5 Å². The molecule has 0 aliphatic rings. The first-order chi connectivity index (χ1) is 8.27. The van der Waals surface area contributed by atoms with Crippen LogP contribution >= 0.6 is 0 Å². The molecule has 4 heteroatoms. The number of carbonyl (C=O) groups is 1. The van der Waals surface area contributed by atoms with Crippen LogP contribution in [0.4, 0.5) is 0 Å². The fourth-order valence-electron chi connectivity index (χ4n) is 1.33. The summed E-state index contributed by atoms with van der Waals surface area (Å²) in [6, 6.07) is 12.5. The van der Waals surface area contributed by atoms with Crippen LogP contribution in [0.25, 0.3) is 0 Å². The summed E-state index contributed by atoms with van der Waals surface area (Å²) in [5.41, 5.74) is 3.67. The molecular weight excluding hydrogens is 216 g/mol. The molecule has 0 bridgehead atoms. The molecule has 17 heavy (non-hydrogen) atoms. The van der Waals surface area contributed by atoms with E-state index >= 15 is 0 Å². The number of hydrazone groups is 1. The molecule has 0 saturated carbocycles. The smallest absolute Gasteiger partial charge is 0.271 e. The minimum atomic E-state index is -0.239. The molecule has 2 aromatic rings. The number of hydrogen-bond donors (Lipinski definition) is 1. The summed E-state index contributed by atoms with van der Waals surface area (Å²) in [4.78, 5) is 11.7. The Bertz CT molecular complexity index is 516. The van der Waals surface area contributed by atoms with Crippen LogP contribution in [0.2, 0.25) is 0 Å². The molecule has 0 unspecified atom stereocenters. The van der Waals surface area contributed by atoms with E-state index in [9.17, 15) is 4.79 Å². The fourth-order valence-corrected chi connectivity index (χ4v) is 1.33. The summed E-state index contributed by atoms with van der Waals surface area (Å²) in [7, 11) is 0. The van der Waals surface area contributed by atoms with E-state index in [0.29, 0.717) is 17.0 Å². The van der Waals surface area contributed by atoms with Crippen molar-refractivity contribution in [1.82, 2.24) is 5.43 Å². The van der Waals surface area contributed by atoms with Gasteiger partial charge in [-0.15, -0.1) is 0 Å². The average Bonchev–Trinajstić information content (AvgIpc) is 2.90. The van der Waals surface area contributed by atoms with E-state index in [0.717, 1.165) is 0 Å². The zero-order valence-corrected chi connectivity index (χ0v) is 9.38. The molecule has 4 nitrogen and oxygen atoms in total. The van der Waals surface area contributed by atoms with Crippen molar-refractivity contribution in [3.8, 4) is 0 Å². The zero-order chi connectivity index (χ0) is 12.1. The Morgan fingerprint density at radius 3 is 2.59 bits per heavy atom. The number of hydrogen-bond acceptors (Lipinski definition) is 3. The van der Waals surface area contributed by atoms with Gasteiger partial charge in [0, 0.05) is 5.56 Å². The van der Waals surface area contributed by atoms with Crippen molar-refractivity contribution < 1.29 is 9.21 Å². The number of nitrogens with one attached hydrogen (secondary N) is 1. The Hall–Kier alpha value is -2.36. The maximum absolute atomic E-state index is 11.7. The van der Waals surface area contributed by atoms with Crippen LogP contribution in [0.1, 0.15) is 23.0 Å². The summed E-state index contributed by atoms with van der Waals surface area (Å²) < 4.78 is 5.15. The molecule has 1 aromatic carbocycles. The van der Waals surface area contributed by atoms with Crippen LogP contribution in [0.5, 0.6) is 0 Å². The zero-order valence-electron chi connectivity index (χ0n) is 9.38. The van der Waals surface area contributed by atoms with Gasteiger partial charge in [0.05, 0.1) is 6.26 Å². The minimum absolute atomic E-state index is 0.239. The fraction of sp³-hybridized carbons (Fsp3) is 0.0769. The van der Waals surface area contributed by atoms with Crippen molar-refractivity contribution >= 4 is 11.6 Å². The lowest BCUT2D eigenvalue weighted by molar-refractivity contribution is 0.0955. The van der Waals surface area contributed by atoms with Gasteiger partial charge in [-0.25, -0.2) is 5.43 Å². The van der Waals surface area contributed by atoms with Gasteiger partial charge >= 0.3 is 0 Å². The summed E-state index contributed by atoms with van der Waals surface area (Å²) in [5, 5.41) is 3.97. The highest BCUT2D eigenvalue weighted by molar-refractivity contribution is 5.99. The second kappa shape index (κ2) is 5.12. The SMILES string of the molecule is C/C(=N/NC(=O)c1ccccc1)c1ccco1. The summed E-state index contributed by atoms with van der Waals surface area (Å²) in [5.74, 6) is 0.398. The van der Waals surface area contributed by atoms with Crippen LogP contribution in [-0.2, 0) is 0 Å². The van der Waals surface area contributed by atoms with Crippen molar-refractivity contribution in [3.05, 3.63) is 60.1 Å². The Balaban J connectivity index is 2.04. The monoisotopic (exact) mass is 228 g/mol. The number of nitrogens with zero attached hydrogens (tertiary/aromatic N) is 1. The van der Waals surface area contributed by atoms with Crippen LogP contribution < -0.4 is 5.43 Å². The summed E-state index contributed by atoms with van der Waals surface area (Å²) >= 11 is 0. The van der Waals surface area contributed by atoms with Crippen molar-refractivity contribution in [2.24, 2.45) is 5.10 Å². The topological polar surface area (TPSA) is 54.6 Å². The molecule has 0 radical (unpaired) electrons. The van der Waals surface area contributed by atoms with E-state index in [1.807, 2.05) is 6.07 Å². The Morgan fingerprint density at radius 2 is 1.94 bits per heavy atom. The number of carbonyl (C=O) groups excluding carboxylic acids is 1. The third kappa shape index (κ3) is 2.81. The number of furan rings is 1. The second-order valence-electron chi connectivity index (χ2n) is 3.48. The van der Waals surface area contributed by atoms with Gasteiger partial charge in [0.2, 0.25) is 0 Å². The van der Waals surface area contributed by atoms with E-state index in [4.69, 9.17) is 4.42 Å². The Labute approximate surface area is 99.0 Å². The average molecular weight is 228 g/mol. The third-order valence-corrected chi connectivity index (χ3v) is 2.24. The van der Waals surface area contributed by atoms with Gasteiger partial charge < -0.3 is 4.42 Å². The van der Waals surface area contributed by atoms with Crippen LogP contribution in [0, 0.1) is 0 Å². The van der Waals surface area contributed by atoms with Crippen LogP contribution in [0.3, 0.4) is 0 Å². The molecule has 0 fully saturated rings. The highest BCUT2D eigenvalue weighted by Crippen LogP contribution is 2.02. The molecule has 86 valence electrons. The maximum Gasteiger partial charge on any atom is 0.271 e. The van der Waals surface area contributed by atoms with Gasteiger partial charge in [-0.3, -0.25) is 4.79 Å². The van der Waals surface area contributed by atoms with E-state index in [2.05, 4.69) is 10.5 Å². The standard InChI is InChI=1S/C13H12N2O2/c1-10(12-8-5-9-17-12)14-15-13(16)11-6-3-2-4-7-11/h2-9H,1H3,(H,15,16)/b14-10-. The van der Waals surface area contributed by atoms with E-state index < -0.39 is 0 Å². The molecular formula is C13H12N2O2. The molecule has 0 saturated heterocycles. The molecule has 1 N–H and O–H groups in total. The van der Waals surface area contributed by atoms with Gasteiger partial charge in [-0.2, -0.15) is 5.10 Å². The first-order valence-electron chi connectivity index (χ1n) is 5.21. The highest BCUT2D eigenvalue weighted by atomic mass is 16.3.